The number of benzene rings is 2. The molecule has 0 aromatic heterocycles. The van der Waals surface area contributed by atoms with Crippen LogP contribution < -0.4 is 10.8 Å². The fraction of sp³-hybridized carbons (Fsp3) is 0.600. The number of ketones is 1. The van der Waals surface area contributed by atoms with Gasteiger partial charge in [0, 0.05) is 25.9 Å². The van der Waals surface area contributed by atoms with Crippen molar-refractivity contribution >= 4 is 24.5 Å². The van der Waals surface area contributed by atoms with Gasteiger partial charge in [0.1, 0.15) is 11.4 Å². The monoisotopic (exact) mass is 594 g/mol. The lowest BCUT2D eigenvalue weighted by Gasteiger charge is -2.26. The molecule has 1 amide bonds. The Balaban J connectivity index is 0.000000228. The van der Waals surface area contributed by atoms with Crippen LogP contribution in [0.3, 0.4) is 0 Å². The third-order valence-electron chi connectivity index (χ3n) is 7.58. The number of aryl methyl sites for hydroxylation is 2. The Morgan fingerprint density at radius 1 is 0.884 bits per heavy atom. The molecule has 2 aliphatic rings. The molecule has 0 radical (unpaired) electrons. The first-order chi connectivity index (χ1) is 20.5. The van der Waals surface area contributed by atoms with Crippen LogP contribution in [-0.2, 0) is 22.4 Å². The number of nitrogens with zero attached hydrogens (tertiary/aromatic N) is 1. The van der Waals surface area contributed by atoms with E-state index < -0.39 is 12.7 Å². The number of nitrogens with one attached hydrogen (secondary N) is 1. The van der Waals surface area contributed by atoms with E-state index >= 15 is 0 Å². The summed E-state index contributed by atoms with van der Waals surface area (Å²) in [6.45, 7) is 13.4. The summed E-state index contributed by atoms with van der Waals surface area (Å²) in [4.78, 5) is 24.4. The maximum Gasteiger partial charge on any atom is 0.488 e. The van der Waals surface area contributed by atoms with Crippen molar-refractivity contribution in [2.75, 3.05) is 26.2 Å². The van der Waals surface area contributed by atoms with Crippen molar-refractivity contribution in [2.24, 2.45) is 0 Å². The Morgan fingerprint density at radius 2 is 1.49 bits per heavy atom. The second-order valence-corrected chi connectivity index (χ2v) is 12.6. The molecule has 2 aromatic carbocycles. The lowest BCUT2D eigenvalue weighted by molar-refractivity contribution is -0.118. The fourth-order valence-electron chi connectivity index (χ4n) is 5.22. The Kier molecular flexibility index (Phi) is 16.6. The number of carbonyl (C=O) groups excluding carboxylic acids is 2. The Bertz CT molecular complexity index is 1060. The third kappa shape index (κ3) is 15.1. The van der Waals surface area contributed by atoms with Gasteiger partial charge in [0.15, 0.2) is 0 Å². The summed E-state index contributed by atoms with van der Waals surface area (Å²) >= 11 is 0. The van der Waals surface area contributed by atoms with Crippen molar-refractivity contribution in [1.29, 1.82) is 0 Å². The van der Waals surface area contributed by atoms with E-state index in [2.05, 4.69) is 43.4 Å². The lowest BCUT2D eigenvalue weighted by Crippen LogP contribution is -2.37. The number of amides is 1. The van der Waals surface area contributed by atoms with Gasteiger partial charge in [-0.05, 0) is 100 Å². The van der Waals surface area contributed by atoms with Gasteiger partial charge in [-0.3, -0.25) is 4.79 Å². The quantitative estimate of drug-likeness (QED) is 0.366. The molecule has 1 unspecified atom stereocenters. The van der Waals surface area contributed by atoms with Crippen LogP contribution in [0.25, 0.3) is 0 Å². The van der Waals surface area contributed by atoms with E-state index in [1.165, 1.54) is 56.3 Å². The molecule has 8 heteroatoms. The molecule has 4 rings (SSSR count). The molecule has 0 spiro atoms. The number of Topliss-reactive ketones (excluding diaryl/α,β-unsaturated/α-hetero) is 1. The molecule has 1 atom stereocenters. The van der Waals surface area contributed by atoms with E-state index in [1.807, 2.05) is 32.9 Å². The molecule has 0 bridgehead atoms. The summed E-state index contributed by atoms with van der Waals surface area (Å²) < 4.78 is 5.24. The number of rotatable bonds is 6. The first-order valence-corrected chi connectivity index (χ1v) is 16.3. The second kappa shape index (κ2) is 19.6. The molecule has 3 N–H and O–H groups in total. The smallest absolute Gasteiger partial charge is 0.444 e. The maximum absolute atomic E-state index is 11.7. The van der Waals surface area contributed by atoms with Crippen LogP contribution in [0, 0.1) is 0 Å². The molecule has 43 heavy (non-hydrogen) atoms. The topological polar surface area (TPSA) is 99.1 Å². The van der Waals surface area contributed by atoms with E-state index in [0.29, 0.717) is 31.4 Å². The summed E-state index contributed by atoms with van der Waals surface area (Å²) in [5.74, 6) is 1.02. The van der Waals surface area contributed by atoms with Crippen LogP contribution in [0.1, 0.15) is 109 Å². The van der Waals surface area contributed by atoms with Crippen LogP contribution in [0.2, 0.25) is 0 Å². The van der Waals surface area contributed by atoms with E-state index in [-0.39, 0.29) is 11.9 Å². The highest BCUT2D eigenvalue weighted by atomic mass is 16.6. The molecule has 7 nitrogen and oxygen atoms in total. The highest BCUT2D eigenvalue weighted by Crippen LogP contribution is 2.26. The van der Waals surface area contributed by atoms with Gasteiger partial charge >= 0.3 is 13.2 Å². The lowest BCUT2D eigenvalue weighted by atomic mass is 9.80. The standard InChI is InChI=1S/C15H23N.C11H19NO3.C9H13BO2/c1-2-4-13-6-8-15(9-7-13)14-5-3-11-16-12-10-14;1-11(2,3)15-10(14)12-7-4-5-9(13)6-8-12;1-2-3-8-4-6-9(7-5-8)10(11)12/h6-9,14,16H,2-5,10-12H2,1H3;4-8H2,1-3H3;4-7,11-12H,2-3H2,1H3. The molecule has 238 valence electrons. The first-order valence-electron chi connectivity index (χ1n) is 16.3. The van der Waals surface area contributed by atoms with Gasteiger partial charge in [-0.1, -0.05) is 75.2 Å². The molecule has 0 saturated carbocycles. The van der Waals surface area contributed by atoms with Gasteiger partial charge in [0.05, 0.1) is 0 Å². The zero-order chi connectivity index (χ0) is 31.7. The average Bonchev–Trinajstić information content (AvgIpc) is 3.37. The number of likely N-dealkylation sites (tertiary alicyclic amines) is 1. The van der Waals surface area contributed by atoms with E-state index in [1.54, 1.807) is 22.6 Å². The van der Waals surface area contributed by atoms with Gasteiger partial charge < -0.3 is 25.0 Å². The van der Waals surface area contributed by atoms with Gasteiger partial charge in [-0.2, -0.15) is 0 Å². The molecular weight excluding hydrogens is 539 g/mol. The normalized spacial score (nSPS) is 17.3. The number of ether oxygens (including phenoxy) is 1. The number of hydrogen-bond acceptors (Lipinski definition) is 6. The zero-order valence-electron chi connectivity index (χ0n) is 27.2. The minimum atomic E-state index is -1.35. The van der Waals surface area contributed by atoms with Crippen LogP contribution >= 0.6 is 0 Å². The van der Waals surface area contributed by atoms with Crippen LogP contribution in [-0.4, -0.2) is 65.7 Å². The molecule has 2 aromatic rings. The van der Waals surface area contributed by atoms with Crippen molar-refractivity contribution in [3.8, 4) is 0 Å². The van der Waals surface area contributed by atoms with Crippen molar-refractivity contribution in [3.63, 3.8) is 0 Å². The predicted molar refractivity (Wildman–Crippen MR) is 177 cm³/mol. The minimum Gasteiger partial charge on any atom is -0.444 e. The average molecular weight is 595 g/mol. The summed E-state index contributed by atoms with van der Waals surface area (Å²) in [5, 5.41) is 21.1. The molecule has 2 saturated heterocycles. The summed E-state index contributed by atoms with van der Waals surface area (Å²) in [7, 11) is -1.35. The van der Waals surface area contributed by atoms with Gasteiger partial charge in [0.25, 0.3) is 0 Å². The number of carbonyl (C=O) groups is 2. The Hall–Kier alpha value is -2.68. The van der Waals surface area contributed by atoms with Gasteiger partial charge in [-0.15, -0.1) is 0 Å². The number of hydrogen-bond donors (Lipinski definition) is 3. The highest BCUT2D eigenvalue weighted by molar-refractivity contribution is 6.58. The fourth-order valence-corrected chi connectivity index (χ4v) is 5.22. The second-order valence-electron chi connectivity index (χ2n) is 12.6. The van der Waals surface area contributed by atoms with Crippen molar-refractivity contribution in [1.82, 2.24) is 10.2 Å². The first kappa shape index (κ1) is 36.5. The summed E-state index contributed by atoms with van der Waals surface area (Å²) in [6.07, 6.45) is 10.1. The summed E-state index contributed by atoms with van der Waals surface area (Å²) in [5.41, 5.74) is 4.35. The van der Waals surface area contributed by atoms with Crippen molar-refractivity contribution in [2.45, 2.75) is 110 Å². The highest BCUT2D eigenvalue weighted by Gasteiger charge is 2.24. The molecule has 2 heterocycles. The van der Waals surface area contributed by atoms with Gasteiger partial charge in [-0.25, -0.2) is 4.79 Å². The van der Waals surface area contributed by atoms with E-state index in [9.17, 15) is 9.59 Å². The predicted octanol–water partition coefficient (Wildman–Crippen LogP) is 5.79. The minimum absolute atomic E-state index is 0.237. The Morgan fingerprint density at radius 3 is 2.05 bits per heavy atom. The largest absolute Gasteiger partial charge is 0.488 e. The molecule has 0 aliphatic carbocycles. The van der Waals surface area contributed by atoms with Crippen LogP contribution in [0.5, 0.6) is 0 Å². The third-order valence-corrected chi connectivity index (χ3v) is 7.58. The molecular formula is C35H55BN2O5. The van der Waals surface area contributed by atoms with Crippen LogP contribution in [0.4, 0.5) is 4.79 Å². The molecule has 2 fully saturated rings. The zero-order valence-corrected chi connectivity index (χ0v) is 27.2. The Labute approximate surface area is 260 Å². The summed E-state index contributed by atoms with van der Waals surface area (Å²) in [6, 6.07) is 16.7. The van der Waals surface area contributed by atoms with Gasteiger partial charge in [0.2, 0.25) is 0 Å². The van der Waals surface area contributed by atoms with E-state index in [4.69, 9.17) is 14.8 Å². The van der Waals surface area contributed by atoms with Crippen molar-refractivity contribution in [3.05, 3.63) is 65.2 Å². The maximum atomic E-state index is 11.7. The van der Waals surface area contributed by atoms with Crippen LogP contribution in [0.15, 0.2) is 48.5 Å². The van der Waals surface area contributed by atoms with Crippen molar-refractivity contribution < 1.29 is 24.4 Å². The SMILES string of the molecule is CC(C)(C)OC(=O)N1CCCC(=O)CC1.CCCc1ccc(B(O)O)cc1.CCCc1ccc(C2CCCNCC2)cc1. The van der Waals surface area contributed by atoms with E-state index in [0.717, 1.165) is 25.2 Å². The molecule has 2 aliphatic heterocycles.